The first-order valence-corrected chi connectivity index (χ1v) is 6.98. The first-order chi connectivity index (χ1) is 9.22. The maximum Gasteiger partial charge on any atom is 0.227 e. The molecule has 1 aromatic rings. The van der Waals surface area contributed by atoms with Crippen molar-refractivity contribution in [2.24, 2.45) is 5.92 Å². The molecule has 110 valence electrons. The van der Waals surface area contributed by atoms with E-state index in [-0.39, 0.29) is 24.1 Å². The van der Waals surface area contributed by atoms with Crippen LogP contribution in [0, 0.1) is 11.7 Å². The summed E-state index contributed by atoms with van der Waals surface area (Å²) in [5, 5.41) is 3.49. The molecule has 0 bridgehead atoms. The summed E-state index contributed by atoms with van der Waals surface area (Å²) >= 11 is 0. The fraction of sp³-hybridized carbons (Fsp3) is 0.533. The Morgan fingerprint density at radius 1 is 1.40 bits per heavy atom. The van der Waals surface area contributed by atoms with Crippen LogP contribution < -0.4 is 5.32 Å². The third-order valence-electron chi connectivity index (χ3n) is 4.25. The third kappa shape index (κ3) is 3.30. The third-order valence-corrected chi connectivity index (χ3v) is 4.25. The van der Waals surface area contributed by atoms with E-state index in [4.69, 9.17) is 0 Å². The normalized spacial score (nSPS) is 24.9. The van der Waals surface area contributed by atoms with Gasteiger partial charge in [-0.15, -0.1) is 12.4 Å². The molecule has 0 radical (unpaired) electrons. The number of halogens is 2. The minimum atomic E-state index is -0.274. The zero-order valence-corrected chi connectivity index (χ0v) is 12.2. The number of piperidine rings is 1. The predicted octanol–water partition coefficient (Wildman–Crippen LogP) is 2.00. The van der Waals surface area contributed by atoms with Crippen LogP contribution in [0.25, 0.3) is 0 Å². The van der Waals surface area contributed by atoms with Crippen LogP contribution in [-0.2, 0) is 11.2 Å². The number of carbonyl (C=O) groups excluding carboxylic acids is 1. The molecule has 20 heavy (non-hydrogen) atoms. The van der Waals surface area contributed by atoms with E-state index in [1.807, 2.05) is 11.0 Å². The van der Waals surface area contributed by atoms with Crippen LogP contribution in [0.5, 0.6) is 0 Å². The summed E-state index contributed by atoms with van der Waals surface area (Å²) in [5.41, 5.74) is 0.761. The fourth-order valence-electron chi connectivity index (χ4n) is 3.21. The molecule has 5 heteroatoms. The summed E-state index contributed by atoms with van der Waals surface area (Å²) in [6.45, 7) is 2.75. The van der Waals surface area contributed by atoms with Gasteiger partial charge in [0.15, 0.2) is 0 Å². The number of nitrogens with one attached hydrogen (secondary N) is 1. The van der Waals surface area contributed by atoms with Gasteiger partial charge in [-0.05, 0) is 43.0 Å². The van der Waals surface area contributed by atoms with Crippen molar-refractivity contribution in [1.29, 1.82) is 0 Å². The van der Waals surface area contributed by atoms with E-state index in [0.29, 0.717) is 18.4 Å². The van der Waals surface area contributed by atoms with E-state index in [1.165, 1.54) is 12.1 Å². The van der Waals surface area contributed by atoms with Gasteiger partial charge < -0.3 is 10.2 Å². The van der Waals surface area contributed by atoms with Gasteiger partial charge in [0.2, 0.25) is 5.91 Å². The van der Waals surface area contributed by atoms with Crippen molar-refractivity contribution in [2.45, 2.75) is 25.3 Å². The van der Waals surface area contributed by atoms with Crippen LogP contribution in [0.2, 0.25) is 0 Å². The van der Waals surface area contributed by atoms with Gasteiger partial charge >= 0.3 is 0 Å². The zero-order chi connectivity index (χ0) is 13.2. The van der Waals surface area contributed by atoms with Gasteiger partial charge in [-0.25, -0.2) is 4.39 Å². The summed E-state index contributed by atoms with van der Waals surface area (Å²) < 4.78 is 13.1. The number of amides is 1. The van der Waals surface area contributed by atoms with E-state index in [9.17, 15) is 9.18 Å². The summed E-state index contributed by atoms with van der Waals surface area (Å²) in [5.74, 6) is 0.449. The van der Waals surface area contributed by atoms with Crippen molar-refractivity contribution in [3.63, 3.8) is 0 Å². The summed E-state index contributed by atoms with van der Waals surface area (Å²) in [6, 6.07) is 6.92. The Morgan fingerprint density at radius 2 is 2.25 bits per heavy atom. The second kappa shape index (κ2) is 6.55. The highest BCUT2D eigenvalue weighted by Gasteiger charge is 2.34. The molecule has 0 aromatic heterocycles. The molecule has 2 unspecified atom stereocenters. The first kappa shape index (κ1) is 15.3. The maximum absolute atomic E-state index is 13.1. The Morgan fingerprint density at radius 3 is 3.05 bits per heavy atom. The van der Waals surface area contributed by atoms with Crippen LogP contribution in [0.1, 0.15) is 18.4 Å². The Balaban J connectivity index is 0.00000147. The lowest BCUT2D eigenvalue weighted by atomic mass is 9.93. The molecule has 3 nitrogen and oxygen atoms in total. The Labute approximate surface area is 124 Å². The predicted molar refractivity (Wildman–Crippen MR) is 78.4 cm³/mol. The largest absolute Gasteiger partial charge is 0.342 e. The summed E-state index contributed by atoms with van der Waals surface area (Å²) in [7, 11) is 0. The maximum atomic E-state index is 13.1. The molecular weight excluding hydrogens is 279 g/mol. The minimum absolute atomic E-state index is 0. The van der Waals surface area contributed by atoms with Gasteiger partial charge in [0.1, 0.15) is 5.82 Å². The lowest BCUT2D eigenvalue weighted by molar-refractivity contribution is -0.132. The number of carbonyl (C=O) groups is 1. The number of nitrogens with zero attached hydrogens (tertiary/aromatic N) is 1. The van der Waals surface area contributed by atoms with E-state index < -0.39 is 0 Å². The molecule has 2 aliphatic rings. The zero-order valence-electron chi connectivity index (χ0n) is 11.3. The standard InChI is InChI=1S/C15H19FN2O.ClH/c16-13-3-1-2-11(8-13)9-15(19)18-7-5-14-12(10-18)4-6-17-14;/h1-3,8,12,14,17H,4-7,9-10H2;1H. The van der Waals surface area contributed by atoms with Crippen molar-refractivity contribution in [1.82, 2.24) is 10.2 Å². The molecule has 1 N–H and O–H groups in total. The van der Waals surface area contributed by atoms with Gasteiger partial charge in [0.25, 0.3) is 0 Å². The lowest BCUT2D eigenvalue weighted by Gasteiger charge is -2.35. The van der Waals surface area contributed by atoms with Gasteiger partial charge in [-0.2, -0.15) is 0 Å². The van der Waals surface area contributed by atoms with Crippen molar-refractivity contribution in [2.75, 3.05) is 19.6 Å². The molecule has 2 atom stereocenters. The Hall–Kier alpha value is -1.13. The van der Waals surface area contributed by atoms with Crippen molar-refractivity contribution >= 4 is 18.3 Å². The second-order valence-electron chi connectivity index (χ2n) is 5.54. The molecule has 2 saturated heterocycles. The topological polar surface area (TPSA) is 32.3 Å². The quantitative estimate of drug-likeness (QED) is 0.906. The number of hydrogen-bond donors (Lipinski definition) is 1. The molecule has 3 rings (SSSR count). The van der Waals surface area contributed by atoms with E-state index in [2.05, 4.69) is 5.32 Å². The summed E-state index contributed by atoms with van der Waals surface area (Å²) in [6.07, 6.45) is 2.51. The van der Waals surface area contributed by atoms with Crippen molar-refractivity contribution in [3.05, 3.63) is 35.6 Å². The Bertz CT molecular complexity index is 483. The number of benzene rings is 1. The molecule has 2 fully saturated rings. The smallest absolute Gasteiger partial charge is 0.227 e. The van der Waals surface area contributed by atoms with Gasteiger partial charge in [-0.3, -0.25) is 4.79 Å². The first-order valence-electron chi connectivity index (χ1n) is 6.98. The highest BCUT2D eigenvalue weighted by molar-refractivity contribution is 5.85. The molecule has 0 aliphatic carbocycles. The monoisotopic (exact) mass is 298 g/mol. The van der Waals surface area contributed by atoms with E-state index in [0.717, 1.165) is 38.0 Å². The van der Waals surface area contributed by atoms with Crippen LogP contribution in [0.3, 0.4) is 0 Å². The highest BCUT2D eigenvalue weighted by atomic mass is 35.5. The van der Waals surface area contributed by atoms with Crippen LogP contribution in [0.4, 0.5) is 4.39 Å². The number of likely N-dealkylation sites (tertiary alicyclic amines) is 1. The van der Waals surface area contributed by atoms with Crippen molar-refractivity contribution in [3.8, 4) is 0 Å². The molecular formula is C15H20ClFN2O. The number of hydrogen-bond acceptors (Lipinski definition) is 2. The SMILES string of the molecule is Cl.O=C(Cc1cccc(F)c1)N1CCC2NCCC2C1. The van der Waals surface area contributed by atoms with Crippen LogP contribution in [0.15, 0.2) is 24.3 Å². The van der Waals surface area contributed by atoms with Gasteiger partial charge in [-0.1, -0.05) is 12.1 Å². The molecule has 2 aliphatic heterocycles. The molecule has 0 spiro atoms. The minimum Gasteiger partial charge on any atom is -0.342 e. The van der Waals surface area contributed by atoms with Gasteiger partial charge in [0, 0.05) is 19.1 Å². The van der Waals surface area contributed by atoms with E-state index in [1.54, 1.807) is 6.07 Å². The average Bonchev–Trinajstić information content (AvgIpc) is 2.85. The molecule has 0 saturated carbocycles. The van der Waals surface area contributed by atoms with Crippen molar-refractivity contribution < 1.29 is 9.18 Å². The van der Waals surface area contributed by atoms with Crippen LogP contribution >= 0.6 is 12.4 Å². The molecule has 2 heterocycles. The van der Waals surface area contributed by atoms with Crippen LogP contribution in [-0.4, -0.2) is 36.5 Å². The summed E-state index contributed by atoms with van der Waals surface area (Å²) in [4.78, 5) is 14.2. The van der Waals surface area contributed by atoms with Gasteiger partial charge in [0.05, 0.1) is 6.42 Å². The Kier molecular flexibility index (Phi) is 5.00. The highest BCUT2D eigenvalue weighted by Crippen LogP contribution is 2.24. The fourth-order valence-corrected chi connectivity index (χ4v) is 3.21. The number of rotatable bonds is 2. The molecule has 1 amide bonds. The van der Waals surface area contributed by atoms with E-state index >= 15 is 0 Å². The number of fused-ring (bicyclic) bond motifs is 1. The second-order valence-corrected chi connectivity index (χ2v) is 5.54. The molecule has 1 aromatic carbocycles. The lowest BCUT2D eigenvalue weighted by Crippen LogP contribution is -2.47. The average molecular weight is 299 g/mol.